The van der Waals surface area contributed by atoms with E-state index < -0.39 is 0 Å². The van der Waals surface area contributed by atoms with Crippen molar-refractivity contribution in [3.63, 3.8) is 0 Å². The summed E-state index contributed by atoms with van der Waals surface area (Å²) in [5.74, 6) is 1.33. The predicted molar refractivity (Wildman–Crippen MR) is 80.4 cm³/mol. The van der Waals surface area contributed by atoms with E-state index in [1.165, 1.54) is 0 Å². The van der Waals surface area contributed by atoms with Gasteiger partial charge >= 0.3 is 0 Å². The van der Waals surface area contributed by atoms with Crippen LogP contribution in [0.1, 0.15) is 39.2 Å². The maximum atomic E-state index is 6.27. The normalized spacial score (nSPS) is 12.3. The number of nitrogens with one attached hydrogen (secondary N) is 1. The van der Waals surface area contributed by atoms with Gasteiger partial charge in [0, 0.05) is 12.6 Å². The van der Waals surface area contributed by atoms with Crippen molar-refractivity contribution in [3.8, 4) is 11.5 Å². The first kappa shape index (κ1) is 16.1. The molecule has 1 aromatic rings. The molecule has 1 N–H and O–H groups in total. The molecule has 0 aliphatic heterocycles. The summed E-state index contributed by atoms with van der Waals surface area (Å²) in [6.45, 7) is 7.80. The van der Waals surface area contributed by atoms with Gasteiger partial charge in [-0.1, -0.05) is 25.4 Å². The standard InChI is InChI=1S/C15H24ClNO2/c1-5-7-19-15-13(16)8-12(9-14(15)18-4)10-17-11(3)6-2/h8-9,11,17H,5-7,10H2,1-4H3/t11-/m1/s1. The Balaban J connectivity index is 2.83. The van der Waals surface area contributed by atoms with Crippen molar-refractivity contribution in [1.29, 1.82) is 0 Å². The van der Waals surface area contributed by atoms with E-state index >= 15 is 0 Å². The van der Waals surface area contributed by atoms with E-state index in [1.54, 1.807) is 7.11 Å². The topological polar surface area (TPSA) is 30.5 Å². The van der Waals surface area contributed by atoms with Crippen molar-refractivity contribution in [2.24, 2.45) is 0 Å². The summed E-state index contributed by atoms with van der Waals surface area (Å²) in [6.07, 6.45) is 2.04. The molecule has 3 nitrogen and oxygen atoms in total. The second-order valence-electron chi connectivity index (χ2n) is 4.65. The monoisotopic (exact) mass is 285 g/mol. The van der Waals surface area contributed by atoms with Gasteiger partial charge in [0.2, 0.25) is 0 Å². The molecular weight excluding hydrogens is 262 g/mol. The Bertz CT molecular complexity index is 396. The first-order valence-corrected chi connectivity index (χ1v) is 7.22. The molecule has 0 amide bonds. The lowest BCUT2D eigenvalue weighted by atomic mass is 10.1. The third kappa shape index (κ3) is 4.92. The van der Waals surface area contributed by atoms with Crippen molar-refractivity contribution >= 4 is 11.6 Å². The molecule has 0 saturated heterocycles. The van der Waals surface area contributed by atoms with Crippen LogP contribution in [0.3, 0.4) is 0 Å². The Labute approximate surface area is 121 Å². The molecule has 1 atom stereocenters. The molecule has 108 valence electrons. The number of rotatable bonds is 8. The van der Waals surface area contributed by atoms with Crippen LogP contribution < -0.4 is 14.8 Å². The molecule has 0 heterocycles. The zero-order valence-electron chi connectivity index (χ0n) is 12.3. The van der Waals surface area contributed by atoms with E-state index in [-0.39, 0.29) is 0 Å². The van der Waals surface area contributed by atoms with Gasteiger partial charge in [0.05, 0.1) is 18.7 Å². The average molecular weight is 286 g/mol. The van der Waals surface area contributed by atoms with Gasteiger partial charge in [-0.25, -0.2) is 0 Å². The van der Waals surface area contributed by atoms with Crippen LogP contribution in [0.5, 0.6) is 11.5 Å². The molecule has 0 radical (unpaired) electrons. The molecule has 1 rings (SSSR count). The molecule has 0 saturated carbocycles. The van der Waals surface area contributed by atoms with Gasteiger partial charge in [-0.3, -0.25) is 0 Å². The van der Waals surface area contributed by atoms with Crippen LogP contribution in [0, 0.1) is 0 Å². The van der Waals surface area contributed by atoms with E-state index in [9.17, 15) is 0 Å². The van der Waals surface area contributed by atoms with Crippen LogP contribution >= 0.6 is 11.6 Å². The molecule has 0 spiro atoms. The Morgan fingerprint density at radius 3 is 2.63 bits per heavy atom. The van der Waals surface area contributed by atoms with Crippen LogP contribution in [0.4, 0.5) is 0 Å². The summed E-state index contributed by atoms with van der Waals surface area (Å²) in [4.78, 5) is 0. The second kappa shape index (κ2) is 8.28. The van der Waals surface area contributed by atoms with Gasteiger partial charge in [0.15, 0.2) is 11.5 Å². The molecule has 19 heavy (non-hydrogen) atoms. The Kier molecular flexibility index (Phi) is 7.03. The molecule has 0 fully saturated rings. The molecule has 0 unspecified atom stereocenters. The highest BCUT2D eigenvalue weighted by Gasteiger charge is 2.12. The van der Waals surface area contributed by atoms with Crippen LogP contribution in [0.2, 0.25) is 5.02 Å². The molecule has 0 aromatic heterocycles. The predicted octanol–water partition coefficient (Wildman–Crippen LogP) is 4.03. The Morgan fingerprint density at radius 2 is 2.05 bits per heavy atom. The van der Waals surface area contributed by atoms with Crippen molar-refractivity contribution in [2.75, 3.05) is 13.7 Å². The zero-order valence-corrected chi connectivity index (χ0v) is 13.0. The fourth-order valence-corrected chi connectivity index (χ4v) is 1.94. The molecule has 4 heteroatoms. The van der Waals surface area contributed by atoms with E-state index in [1.807, 2.05) is 12.1 Å². The summed E-state index contributed by atoms with van der Waals surface area (Å²) >= 11 is 6.27. The number of methoxy groups -OCH3 is 1. The molecular formula is C15H24ClNO2. The van der Waals surface area contributed by atoms with Gasteiger partial charge in [0.1, 0.15) is 0 Å². The Hall–Kier alpha value is -0.930. The van der Waals surface area contributed by atoms with Crippen molar-refractivity contribution in [3.05, 3.63) is 22.7 Å². The second-order valence-corrected chi connectivity index (χ2v) is 5.05. The number of hydrogen-bond donors (Lipinski definition) is 1. The van der Waals surface area contributed by atoms with Crippen LogP contribution in [0.25, 0.3) is 0 Å². The number of benzene rings is 1. The number of halogens is 1. The zero-order chi connectivity index (χ0) is 14.3. The fraction of sp³-hybridized carbons (Fsp3) is 0.600. The molecule has 0 aliphatic rings. The van der Waals surface area contributed by atoms with Gasteiger partial charge < -0.3 is 14.8 Å². The van der Waals surface area contributed by atoms with Crippen LogP contribution in [-0.4, -0.2) is 19.8 Å². The summed E-state index contributed by atoms with van der Waals surface area (Å²) in [5.41, 5.74) is 1.10. The first-order valence-electron chi connectivity index (χ1n) is 6.84. The van der Waals surface area contributed by atoms with Gasteiger partial charge in [-0.2, -0.15) is 0 Å². The smallest absolute Gasteiger partial charge is 0.179 e. The lowest BCUT2D eigenvalue weighted by molar-refractivity contribution is 0.294. The molecule has 0 aliphatic carbocycles. The van der Waals surface area contributed by atoms with Crippen LogP contribution in [-0.2, 0) is 6.54 Å². The number of ether oxygens (including phenoxy) is 2. The van der Waals surface area contributed by atoms with Gasteiger partial charge in [-0.05, 0) is 37.5 Å². The van der Waals surface area contributed by atoms with Crippen molar-refractivity contribution < 1.29 is 9.47 Å². The molecule has 1 aromatic carbocycles. The van der Waals surface area contributed by atoms with E-state index in [4.69, 9.17) is 21.1 Å². The summed E-state index contributed by atoms with van der Waals surface area (Å²) < 4.78 is 11.0. The lowest BCUT2D eigenvalue weighted by Crippen LogP contribution is -2.24. The lowest BCUT2D eigenvalue weighted by Gasteiger charge is -2.15. The van der Waals surface area contributed by atoms with Crippen molar-refractivity contribution in [1.82, 2.24) is 5.32 Å². The minimum Gasteiger partial charge on any atom is -0.493 e. The fourth-order valence-electron chi connectivity index (χ4n) is 1.66. The van der Waals surface area contributed by atoms with E-state index in [0.29, 0.717) is 29.2 Å². The highest BCUT2D eigenvalue weighted by molar-refractivity contribution is 6.32. The largest absolute Gasteiger partial charge is 0.493 e. The minimum atomic E-state index is 0.487. The first-order chi connectivity index (χ1) is 9.12. The SMILES string of the molecule is CCCOc1c(Cl)cc(CN[C@H](C)CC)cc1OC. The highest BCUT2D eigenvalue weighted by atomic mass is 35.5. The molecule has 0 bridgehead atoms. The summed E-state index contributed by atoms with van der Waals surface area (Å²) in [6, 6.07) is 4.40. The third-order valence-electron chi connectivity index (χ3n) is 3.01. The summed E-state index contributed by atoms with van der Waals surface area (Å²) in [7, 11) is 1.64. The van der Waals surface area contributed by atoms with E-state index in [0.717, 1.165) is 24.9 Å². The van der Waals surface area contributed by atoms with Crippen molar-refractivity contribution in [2.45, 2.75) is 46.2 Å². The highest BCUT2D eigenvalue weighted by Crippen LogP contribution is 2.36. The summed E-state index contributed by atoms with van der Waals surface area (Å²) in [5, 5.41) is 4.04. The number of hydrogen-bond acceptors (Lipinski definition) is 3. The maximum Gasteiger partial charge on any atom is 0.179 e. The minimum absolute atomic E-state index is 0.487. The average Bonchev–Trinajstić information content (AvgIpc) is 2.42. The van der Waals surface area contributed by atoms with Crippen LogP contribution in [0.15, 0.2) is 12.1 Å². The third-order valence-corrected chi connectivity index (χ3v) is 3.29. The van der Waals surface area contributed by atoms with Gasteiger partial charge in [-0.15, -0.1) is 0 Å². The maximum absolute atomic E-state index is 6.27. The Morgan fingerprint density at radius 1 is 1.32 bits per heavy atom. The van der Waals surface area contributed by atoms with Gasteiger partial charge in [0.25, 0.3) is 0 Å². The quantitative estimate of drug-likeness (QED) is 0.782. The van der Waals surface area contributed by atoms with E-state index in [2.05, 4.69) is 26.1 Å².